The average molecular weight is 226 g/mol. The normalized spacial score (nSPS) is 10.9. The molecule has 6 heteroatoms. The number of hydrogen-bond donors (Lipinski definition) is 1. The van der Waals surface area contributed by atoms with Gasteiger partial charge in [0.15, 0.2) is 5.82 Å². The molecule has 2 N–H and O–H groups in total. The van der Waals surface area contributed by atoms with Gasteiger partial charge in [0, 0.05) is 19.8 Å². The van der Waals surface area contributed by atoms with Crippen molar-refractivity contribution in [2.75, 3.05) is 0 Å². The van der Waals surface area contributed by atoms with Crippen LogP contribution in [0, 0.1) is 6.92 Å². The van der Waals surface area contributed by atoms with E-state index >= 15 is 0 Å². The van der Waals surface area contributed by atoms with Gasteiger partial charge in [0.25, 0.3) is 0 Å². The van der Waals surface area contributed by atoms with E-state index in [0.717, 1.165) is 11.4 Å². The Morgan fingerprint density at radius 1 is 1.47 bits per heavy atom. The van der Waals surface area contributed by atoms with Gasteiger partial charge in [0.1, 0.15) is 5.02 Å². The van der Waals surface area contributed by atoms with E-state index in [-0.39, 0.29) is 0 Å². The Hall–Kier alpha value is -1.33. The molecular formula is C9H12ClN5. The SMILES string of the molecule is Cc1c(Cl)c(-n2ccc(CN)n2)nn1C. The monoisotopic (exact) mass is 225 g/mol. The van der Waals surface area contributed by atoms with Crippen molar-refractivity contribution in [3.8, 4) is 5.82 Å². The second kappa shape index (κ2) is 3.67. The van der Waals surface area contributed by atoms with Crippen molar-refractivity contribution >= 4 is 11.6 Å². The van der Waals surface area contributed by atoms with E-state index in [1.165, 1.54) is 0 Å². The van der Waals surface area contributed by atoms with Crippen molar-refractivity contribution in [3.63, 3.8) is 0 Å². The lowest BCUT2D eigenvalue weighted by Crippen LogP contribution is -2.01. The molecule has 0 fully saturated rings. The summed E-state index contributed by atoms with van der Waals surface area (Å²) in [6.45, 7) is 2.32. The fourth-order valence-electron chi connectivity index (χ4n) is 1.30. The Kier molecular flexibility index (Phi) is 2.50. The van der Waals surface area contributed by atoms with Gasteiger partial charge in [0.05, 0.1) is 11.4 Å². The standard InChI is InChI=1S/C9H12ClN5/c1-6-8(10)9(13-14(6)2)15-4-3-7(5-11)12-15/h3-4H,5,11H2,1-2H3. The molecule has 0 amide bonds. The highest BCUT2D eigenvalue weighted by Gasteiger charge is 2.13. The fraction of sp³-hybridized carbons (Fsp3) is 0.333. The summed E-state index contributed by atoms with van der Waals surface area (Å²) in [4.78, 5) is 0. The molecule has 0 aliphatic heterocycles. The molecule has 0 atom stereocenters. The second-order valence-electron chi connectivity index (χ2n) is 3.30. The van der Waals surface area contributed by atoms with E-state index in [9.17, 15) is 0 Å². The quantitative estimate of drug-likeness (QED) is 0.830. The van der Waals surface area contributed by atoms with E-state index in [0.29, 0.717) is 17.4 Å². The first-order valence-corrected chi connectivity index (χ1v) is 4.95. The lowest BCUT2D eigenvalue weighted by molar-refractivity contribution is 0.709. The molecule has 5 nitrogen and oxygen atoms in total. The zero-order valence-corrected chi connectivity index (χ0v) is 9.36. The van der Waals surface area contributed by atoms with E-state index in [2.05, 4.69) is 10.2 Å². The molecule has 2 rings (SSSR count). The number of hydrogen-bond acceptors (Lipinski definition) is 3. The maximum Gasteiger partial charge on any atom is 0.194 e. The van der Waals surface area contributed by atoms with Gasteiger partial charge in [-0.25, -0.2) is 4.68 Å². The lowest BCUT2D eigenvalue weighted by atomic mass is 10.4. The Bertz CT molecular complexity index is 485. The van der Waals surface area contributed by atoms with Gasteiger partial charge < -0.3 is 5.73 Å². The molecule has 0 saturated heterocycles. The van der Waals surface area contributed by atoms with Crippen molar-refractivity contribution in [2.45, 2.75) is 13.5 Å². The molecule has 0 saturated carbocycles. The minimum absolute atomic E-state index is 0.413. The van der Waals surface area contributed by atoms with E-state index in [1.54, 1.807) is 15.6 Å². The molecule has 0 aromatic carbocycles. The van der Waals surface area contributed by atoms with Crippen LogP contribution in [0.1, 0.15) is 11.4 Å². The summed E-state index contributed by atoms with van der Waals surface area (Å²) in [6, 6.07) is 1.85. The summed E-state index contributed by atoms with van der Waals surface area (Å²) in [5, 5.41) is 9.13. The summed E-state index contributed by atoms with van der Waals surface area (Å²) in [7, 11) is 1.85. The van der Waals surface area contributed by atoms with Crippen LogP contribution in [-0.4, -0.2) is 19.6 Å². The molecule has 15 heavy (non-hydrogen) atoms. The van der Waals surface area contributed by atoms with Crippen LogP contribution in [-0.2, 0) is 13.6 Å². The van der Waals surface area contributed by atoms with Crippen molar-refractivity contribution in [1.82, 2.24) is 19.6 Å². The highest BCUT2D eigenvalue weighted by Crippen LogP contribution is 2.22. The first kappa shape index (κ1) is 10.2. The van der Waals surface area contributed by atoms with Gasteiger partial charge in [-0.15, -0.1) is 0 Å². The molecule has 0 spiro atoms. The first-order valence-electron chi connectivity index (χ1n) is 4.57. The van der Waals surface area contributed by atoms with Crippen LogP contribution in [0.15, 0.2) is 12.3 Å². The van der Waals surface area contributed by atoms with Crippen LogP contribution in [0.25, 0.3) is 5.82 Å². The van der Waals surface area contributed by atoms with Crippen molar-refractivity contribution in [1.29, 1.82) is 0 Å². The largest absolute Gasteiger partial charge is 0.325 e. The summed E-state index contributed by atoms with van der Waals surface area (Å²) in [6.07, 6.45) is 1.80. The third-order valence-electron chi connectivity index (χ3n) is 2.31. The Balaban J connectivity index is 2.49. The minimum atomic E-state index is 0.413. The minimum Gasteiger partial charge on any atom is -0.325 e. The molecule has 2 aromatic heterocycles. The third kappa shape index (κ3) is 1.64. The van der Waals surface area contributed by atoms with Crippen LogP contribution in [0.2, 0.25) is 5.02 Å². The molecule has 0 unspecified atom stereocenters. The maximum absolute atomic E-state index is 6.13. The Morgan fingerprint density at radius 3 is 2.67 bits per heavy atom. The van der Waals surface area contributed by atoms with Crippen molar-refractivity contribution in [2.24, 2.45) is 12.8 Å². The topological polar surface area (TPSA) is 61.7 Å². The van der Waals surface area contributed by atoms with Gasteiger partial charge >= 0.3 is 0 Å². The van der Waals surface area contributed by atoms with Crippen LogP contribution >= 0.6 is 11.6 Å². The molecule has 2 heterocycles. The summed E-state index contributed by atoms with van der Waals surface area (Å²) >= 11 is 6.13. The Labute approximate surface area is 92.4 Å². The third-order valence-corrected chi connectivity index (χ3v) is 2.76. The van der Waals surface area contributed by atoms with Crippen molar-refractivity contribution in [3.05, 3.63) is 28.7 Å². The number of aromatic nitrogens is 4. The summed E-state index contributed by atoms with van der Waals surface area (Å²) in [5.41, 5.74) is 7.21. The molecule has 0 bridgehead atoms. The smallest absolute Gasteiger partial charge is 0.194 e. The molecule has 0 aliphatic rings. The average Bonchev–Trinajstić information content (AvgIpc) is 2.79. The number of nitrogens with zero attached hydrogens (tertiary/aromatic N) is 4. The fourth-order valence-corrected chi connectivity index (χ4v) is 1.55. The van der Waals surface area contributed by atoms with Gasteiger partial charge in [0.2, 0.25) is 0 Å². The van der Waals surface area contributed by atoms with Crippen LogP contribution < -0.4 is 5.73 Å². The second-order valence-corrected chi connectivity index (χ2v) is 3.68. The molecule has 0 radical (unpaired) electrons. The predicted molar refractivity (Wildman–Crippen MR) is 58.0 cm³/mol. The van der Waals surface area contributed by atoms with E-state index < -0.39 is 0 Å². The highest BCUT2D eigenvalue weighted by atomic mass is 35.5. The summed E-state index contributed by atoms with van der Waals surface area (Å²) in [5.74, 6) is 0.636. The van der Waals surface area contributed by atoms with Crippen LogP contribution in [0.3, 0.4) is 0 Å². The zero-order chi connectivity index (χ0) is 11.0. The molecular weight excluding hydrogens is 214 g/mol. The maximum atomic E-state index is 6.13. The van der Waals surface area contributed by atoms with E-state index in [4.69, 9.17) is 17.3 Å². The summed E-state index contributed by atoms with van der Waals surface area (Å²) < 4.78 is 3.36. The van der Waals surface area contributed by atoms with Gasteiger partial charge in [-0.3, -0.25) is 4.68 Å². The predicted octanol–water partition coefficient (Wildman–Crippen LogP) is 1.03. The number of halogens is 1. The highest BCUT2D eigenvalue weighted by molar-refractivity contribution is 6.32. The van der Waals surface area contributed by atoms with Crippen molar-refractivity contribution < 1.29 is 0 Å². The van der Waals surface area contributed by atoms with Gasteiger partial charge in [-0.1, -0.05) is 11.6 Å². The lowest BCUT2D eigenvalue weighted by Gasteiger charge is -1.95. The van der Waals surface area contributed by atoms with Crippen LogP contribution in [0.5, 0.6) is 0 Å². The Morgan fingerprint density at radius 2 is 2.20 bits per heavy atom. The number of rotatable bonds is 2. The van der Waals surface area contributed by atoms with Crippen LogP contribution in [0.4, 0.5) is 0 Å². The molecule has 80 valence electrons. The molecule has 0 aliphatic carbocycles. The molecule has 2 aromatic rings. The zero-order valence-electron chi connectivity index (χ0n) is 8.61. The number of nitrogens with two attached hydrogens (primary N) is 1. The van der Waals surface area contributed by atoms with E-state index in [1.807, 2.05) is 20.0 Å². The van der Waals surface area contributed by atoms with Gasteiger partial charge in [-0.05, 0) is 13.0 Å². The number of aryl methyl sites for hydroxylation is 1. The first-order chi connectivity index (χ1) is 7.13. The van der Waals surface area contributed by atoms with Gasteiger partial charge in [-0.2, -0.15) is 10.2 Å².